The van der Waals surface area contributed by atoms with E-state index < -0.39 is 5.41 Å². The Hall–Kier alpha value is -3.64. The second-order valence-electron chi connectivity index (χ2n) is 10.0. The Balaban J connectivity index is 1.66. The number of nitriles is 1. The van der Waals surface area contributed by atoms with Crippen molar-refractivity contribution in [2.24, 2.45) is 0 Å². The van der Waals surface area contributed by atoms with Crippen molar-refractivity contribution in [2.45, 2.75) is 70.3 Å². The molecule has 9 heteroatoms. The maximum absolute atomic E-state index is 14.4. The third-order valence-electron chi connectivity index (χ3n) is 7.68. The fraction of sp³-hybridized carbons (Fsp3) is 0.483. The number of allylic oxidation sites excluding steroid dienone is 6. The largest absolute Gasteiger partial charge is 0.326 e. The average Bonchev–Trinajstić information content (AvgIpc) is 3.31. The molecule has 2 heterocycles. The molecule has 1 aliphatic heterocycles. The number of likely N-dealkylation sites (tertiary alicyclic amines) is 1. The lowest BCUT2D eigenvalue weighted by atomic mass is 9.68. The van der Waals surface area contributed by atoms with Crippen LogP contribution in [0.4, 0.5) is 4.39 Å². The first-order valence-electron chi connectivity index (χ1n) is 13.4. The summed E-state index contributed by atoms with van der Waals surface area (Å²) in [6, 6.07) is 6.86. The smallest absolute Gasteiger partial charge is 0.237 e. The predicted molar refractivity (Wildman–Crippen MR) is 143 cm³/mol. The van der Waals surface area contributed by atoms with Crippen LogP contribution in [0.3, 0.4) is 0 Å². The molecule has 8 nitrogen and oxygen atoms in total. The normalized spacial score (nSPS) is 22.4. The molecule has 1 aromatic carbocycles. The van der Waals surface area contributed by atoms with E-state index in [1.54, 1.807) is 11.0 Å². The number of halogens is 1. The monoisotopic (exact) mass is 517 g/mol. The number of hydrogen-bond acceptors (Lipinski definition) is 6. The number of nitrogens with zero attached hydrogens (tertiary/aromatic N) is 5. The van der Waals surface area contributed by atoms with Gasteiger partial charge in [0.15, 0.2) is 5.82 Å². The first kappa shape index (κ1) is 27.4. The topological polar surface area (TPSA) is 111 Å². The molecule has 0 radical (unpaired) electrons. The van der Waals surface area contributed by atoms with Gasteiger partial charge >= 0.3 is 0 Å². The Labute approximate surface area is 223 Å². The second-order valence-corrected chi connectivity index (χ2v) is 10.0. The molecule has 0 bridgehead atoms. The number of benzene rings is 1. The van der Waals surface area contributed by atoms with Gasteiger partial charge in [0.25, 0.3) is 0 Å². The summed E-state index contributed by atoms with van der Waals surface area (Å²) in [5.74, 6) is 0.178. The van der Waals surface area contributed by atoms with E-state index in [9.17, 15) is 14.4 Å². The van der Waals surface area contributed by atoms with E-state index in [-0.39, 0.29) is 24.3 Å². The lowest BCUT2D eigenvalue weighted by molar-refractivity contribution is -0.131. The lowest BCUT2D eigenvalue weighted by Gasteiger charge is -2.35. The van der Waals surface area contributed by atoms with Crippen LogP contribution >= 0.6 is 0 Å². The summed E-state index contributed by atoms with van der Waals surface area (Å²) in [6.07, 6.45) is 13.7. The highest BCUT2D eigenvalue weighted by Crippen LogP contribution is 2.46. The Kier molecular flexibility index (Phi) is 9.19. The van der Waals surface area contributed by atoms with Gasteiger partial charge in [-0.1, -0.05) is 54.0 Å². The van der Waals surface area contributed by atoms with E-state index in [1.165, 1.54) is 11.6 Å². The number of aryl methyl sites for hydroxylation is 1. The molecule has 1 amide bonds. The van der Waals surface area contributed by atoms with E-state index in [1.807, 2.05) is 31.2 Å². The van der Waals surface area contributed by atoms with Gasteiger partial charge in [-0.3, -0.25) is 4.79 Å². The zero-order chi connectivity index (χ0) is 27.0. The number of aromatic nitrogens is 4. The number of carbonyl (C=O) groups is 1. The number of nitrogens with one attached hydrogen (secondary N) is 2. The summed E-state index contributed by atoms with van der Waals surface area (Å²) in [4.78, 5) is 14.8. The van der Waals surface area contributed by atoms with Crippen LogP contribution in [-0.4, -0.2) is 57.1 Å². The molecule has 4 rings (SSSR count). The Morgan fingerprint density at radius 3 is 2.95 bits per heavy atom. The van der Waals surface area contributed by atoms with Crippen molar-refractivity contribution in [2.75, 3.05) is 19.6 Å². The fourth-order valence-corrected chi connectivity index (χ4v) is 5.78. The Morgan fingerprint density at radius 2 is 2.18 bits per heavy atom. The molecule has 38 heavy (non-hydrogen) atoms. The molecule has 2 aliphatic rings. The van der Waals surface area contributed by atoms with Gasteiger partial charge in [-0.05, 0) is 81.3 Å². The van der Waals surface area contributed by atoms with Gasteiger partial charge < -0.3 is 10.2 Å². The summed E-state index contributed by atoms with van der Waals surface area (Å²) >= 11 is 0. The highest BCUT2D eigenvalue weighted by Gasteiger charge is 2.44. The first-order valence-corrected chi connectivity index (χ1v) is 13.4. The number of H-pyrrole nitrogens is 1. The van der Waals surface area contributed by atoms with Crippen molar-refractivity contribution in [3.05, 3.63) is 76.4 Å². The van der Waals surface area contributed by atoms with E-state index in [0.29, 0.717) is 31.8 Å². The van der Waals surface area contributed by atoms with Crippen molar-refractivity contribution in [3.8, 4) is 6.07 Å². The zero-order valence-corrected chi connectivity index (χ0v) is 22.2. The van der Waals surface area contributed by atoms with Gasteiger partial charge in [0.05, 0.1) is 18.0 Å². The van der Waals surface area contributed by atoms with Crippen LogP contribution in [0.1, 0.15) is 69.3 Å². The van der Waals surface area contributed by atoms with Gasteiger partial charge in [0, 0.05) is 6.54 Å². The average molecular weight is 518 g/mol. The van der Waals surface area contributed by atoms with Crippen LogP contribution in [0.25, 0.3) is 0 Å². The van der Waals surface area contributed by atoms with E-state index in [2.05, 4.69) is 45.0 Å². The van der Waals surface area contributed by atoms with Gasteiger partial charge in [-0.25, -0.2) is 4.39 Å². The summed E-state index contributed by atoms with van der Waals surface area (Å²) < 4.78 is 14.4. The first-order chi connectivity index (χ1) is 18.5. The minimum atomic E-state index is -0.789. The SMILES string of the molecule is C/C=C\C=C/C1=C(C)CCc2cc(F)ccc2C1(CCNCC(=O)N1CCCCC[C@H]1C#N)c1nn[nH]n1. The predicted octanol–water partition coefficient (Wildman–Crippen LogP) is 4.29. The minimum Gasteiger partial charge on any atom is -0.326 e. The van der Waals surface area contributed by atoms with Gasteiger partial charge in [-0.15, -0.1) is 10.2 Å². The number of aromatic amines is 1. The van der Waals surface area contributed by atoms with Crippen LogP contribution in [0.15, 0.2) is 53.6 Å². The van der Waals surface area contributed by atoms with E-state index in [0.717, 1.165) is 48.8 Å². The standard InChI is InChI=1S/C29H36FN7O/c1-3-4-6-10-25-21(2)11-12-22-18-23(30)13-14-26(22)29(25,28-33-35-36-34-28)15-16-32-20-27(38)37-17-8-5-7-9-24(37)19-31/h3-4,6,10,13-14,18,24,32H,5,7-9,11-12,15-17,20H2,1-2H3,(H,33,34,35,36)/b4-3-,10-6-/t24-,29?/m0/s1. The van der Waals surface area contributed by atoms with Crippen LogP contribution in [0, 0.1) is 17.1 Å². The lowest BCUT2D eigenvalue weighted by Crippen LogP contribution is -2.44. The third kappa shape index (κ3) is 5.76. The molecule has 1 fully saturated rings. The molecule has 1 unspecified atom stereocenters. The highest BCUT2D eigenvalue weighted by molar-refractivity contribution is 5.79. The van der Waals surface area contributed by atoms with Crippen molar-refractivity contribution in [3.63, 3.8) is 0 Å². The minimum absolute atomic E-state index is 0.0599. The quantitative estimate of drug-likeness (QED) is 0.399. The maximum Gasteiger partial charge on any atom is 0.237 e. The van der Waals surface area contributed by atoms with Crippen molar-refractivity contribution in [1.29, 1.82) is 5.26 Å². The maximum atomic E-state index is 14.4. The number of fused-ring (bicyclic) bond motifs is 1. The molecule has 1 aliphatic carbocycles. The van der Waals surface area contributed by atoms with Crippen molar-refractivity contribution in [1.82, 2.24) is 30.8 Å². The number of hydrogen-bond donors (Lipinski definition) is 2. The van der Waals surface area contributed by atoms with Gasteiger partial charge in [0.2, 0.25) is 5.91 Å². The zero-order valence-electron chi connectivity index (χ0n) is 22.2. The third-order valence-corrected chi connectivity index (χ3v) is 7.68. The molecule has 0 spiro atoms. The summed E-state index contributed by atoms with van der Waals surface area (Å²) in [5.41, 5.74) is 3.29. The van der Waals surface area contributed by atoms with Crippen molar-refractivity contribution >= 4 is 5.91 Å². The molecule has 2 atom stereocenters. The van der Waals surface area contributed by atoms with E-state index >= 15 is 0 Å². The molecule has 2 N–H and O–H groups in total. The Bertz CT molecular complexity index is 1240. The number of rotatable bonds is 8. The summed E-state index contributed by atoms with van der Waals surface area (Å²) in [6.45, 7) is 5.31. The Morgan fingerprint density at radius 1 is 1.32 bits per heavy atom. The highest BCUT2D eigenvalue weighted by atomic mass is 19.1. The summed E-state index contributed by atoms with van der Waals surface area (Å²) in [5, 5.41) is 28.3. The molecular weight excluding hydrogens is 481 g/mol. The molecule has 200 valence electrons. The van der Waals surface area contributed by atoms with Crippen LogP contribution in [0.5, 0.6) is 0 Å². The molecular formula is C29H36FN7O. The molecule has 2 aromatic rings. The van der Waals surface area contributed by atoms with Gasteiger partial charge in [-0.2, -0.15) is 10.5 Å². The fourth-order valence-electron chi connectivity index (χ4n) is 5.78. The second kappa shape index (κ2) is 12.7. The number of amides is 1. The summed E-state index contributed by atoms with van der Waals surface area (Å²) in [7, 11) is 0. The number of tetrazole rings is 1. The molecule has 0 saturated carbocycles. The van der Waals surface area contributed by atoms with E-state index in [4.69, 9.17) is 0 Å². The van der Waals surface area contributed by atoms with Crippen molar-refractivity contribution < 1.29 is 9.18 Å². The van der Waals surface area contributed by atoms with Gasteiger partial charge in [0.1, 0.15) is 11.9 Å². The molecule has 1 saturated heterocycles. The van der Waals surface area contributed by atoms with Crippen LogP contribution in [0.2, 0.25) is 0 Å². The number of carbonyl (C=O) groups excluding carboxylic acids is 1. The molecule has 1 aromatic heterocycles. The van der Waals surface area contributed by atoms with Crippen LogP contribution in [-0.2, 0) is 16.6 Å². The van der Waals surface area contributed by atoms with Crippen LogP contribution < -0.4 is 5.32 Å².